The van der Waals surface area contributed by atoms with Crippen molar-refractivity contribution >= 4 is 64.3 Å². The number of amides is 4. The molecule has 2 aliphatic heterocycles. The van der Waals surface area contributed by atoms with Crippen molar-refractivity contribution in [1.29, 1.82) is 0 Å². The molecule has 0 radical (unpaired) electrons. The van der Waals surface area contributed by atoms with Gasteiger partial charge in [-0.05, 0) is 42.5 Å². The van der Waals surface area contributed by atoms with Gasteiger partial charge in [0.2, 0.25) is 17.6 Å². The first kappa shape index (κ1) is 30.6. The first-order chi connectivity index (χ1) is 21.3. The first-order valence-corrected chi connectivity index (χ1v) is 14.7. The number of benzene rings is 2. The summed E-state index contributed by atoms with van der Waals surface area (Å²) in [5, 5.41) is 21.7. The third-order valence-corrected chi connectivity index (χ3v) is 10.8. The van der Waals surface area contributed by atoms with Gasteiger partial charge >= 0.3 is 0 Å². The number of alkyl halides is 2. The number of nitrogens with zero attached hydrogens (tertiary/aromatic N) is 3. The highest BCUT2D eigenvalue weighted by Crippen LogP contribution is 2.63. The maximum Gasteiger partial charge on any atom is 0.271 e. The van der Waals surface area contributed by atoms with Crippen molar-refractivity contribution in [3.63, 3.8) is 0 Å². The third kappa shape index (κ3) is 4.18. The lowest BCUT2D eigenvalue weighted by Crippen LogP contribution is -2.60. The fraction of sp³-hybridized carbons (Fsp3) is 0.355. The average Bonchev–Trinajstić information content (AvgIpc) is 3.35. The van der Waals surface area contributed by atoms with Crippen LogP contribution in [-0.4, -0.2) is 69.6 Å². The van der Waals surface area contributed by atoms with Crippen LogP contribution in [0.15, 0.2) is 54.1 Å². The van der Waals surface area contributed by atoms with Crippen LogP contribution in [0.2, 0.25) is 0 Å². The summed E-state index contributed by atoms with van der Waals surface area (Å²) in [5.74, 6) is -5.97. The fourth-order valence-electron chi connectivity index (χ4n) is 7.21. The number of phenols is 1. The summed E-state index contributed by atoms with van der Waals surface area (Å²) >= 11 is 14.3. The highest BCUT2D eigenvalue weighted by molar-refractivity contribution is 6.53. The molecular weight excluding hydrogens is 629 g/mol. The minimum Gasteiger partial charge on any atom is -0.502 e. The van der Waals surface area contributed by atoms with E-state index in [0.29, 0.717) is 11.1 Å². The van der Waals surface area contributed by atoms with E-state index < -0.39 is 62.0 Å². The van der Waals surface area contributed by atoms with E-state index in [2.05, 4.69) is 0 Å². The smallest absolute Gasteiger partial charge is 0.271 e. The molecule has 45 heavy (non-hydrogen) atoms. The van der Waals surface area contributed by atoms with Crippen molar-refractivity contribution in [2.75, 3.05) is 26.2 Å². The number of ether oxygens (including phenoxy) is 2. The number of allylic oxidation sites excluding steroid dienone is 3. The fourth-order valence-corrected chi connectivity index (χ4v) is 8.18. The molecule has 2 heterocycles. The Labute approximate surface area is 266 Å². The van der Waals surface area contributed by atoms with Crippen LogP contribution in [0.1, 0.15) is 18.4 Å². The Balaban J connectivity index is 1.46. The Bertz CT molecular complexity index is 1730. The van der Waals surface area contributed by atoms with Gasteiger partial charge in [-0.25, -0.2) is 4.90 Å². The number of anilines is 1. The molecule has 4 aliphatic rings. The van der Waals surface area contributed by atoms with Gasteiger partial charge in [-0.15, -0.1) is 23.2 Å². The molecule has 14 heteroatoms. The molecule has 3 fully saturated rings. The first-order valence-electron chi connectivity index (χ1n) is 14.0. The van der Waals surface area contributed by atoms with Gasteiger partial charge in [-0.3, -0.25) is 34.2 Å². The zero-order valence-electron chi connectivity index (χ0n) is 24.2. The number of nitro benzene ring substituents is 1. The standard InChI is InChI=1S/C31H27Cl2N3O9/c1-34-28(40)30(32)14-20-18(8-9-19-24(20)27(39)35(26(19)38)16-5-4-6-17(13-16)36(42)43)21(31(30,33)29(34)41)10-7-15-11-22(44-2)25(37)23(12-15)45-3/h4-8,10-13,19-21,24,37H,9,14H2,1-3H3. The van der Waals surface area contributed by atoms with Gasteiger partial charge in [0.05, 0.1) is 36.7 Å². The van der Waals surface area contributed by atoms with E-state index in [1.54, 1.807) is 30.4 Å². The number of imide groups is 2. The second-order valence-electron chi connectivity index (χ2n) is 11.5. The average molecular weight is 656 g/mol. The van der Waals surface area contributed by atoms with Gasteiger partial charge in [0.25, 0.3) is 17.5 Å². The molecule has 1 N–H and O–H groups in total. The Hall–Kier alpha value is -4.42. The van der Waals surface area contributed by atoms with Crippen LogP contribution in [0.5, 0.6) is 17.2 Å². The maximum absolute atomic E-state index is 14.0. The molecule has 6 rings (SSSR count). The summed E-state index contributed by atoms with van der Waals surface area (Å²) in [6, 6.07) is 8.34. The number of hydrogen-bond acceptors (Lipinski definition) is 9. The number of methoxy groups -OCH3 is 2. The maximum atomic E-state index is 14.0. The molecule has 234 valence electrons. The molecule has 1 saturated carbocycles. The van der Waals surface area contributed by atoms with Crippen LogP contribution in [0.4, 0.5) is 11.4 Å². The van der Waals surface area contributed by atoms with Crippen molar-refractivity contribution in [2.24, 2.45) is 23.7 Å². The molecule has 2 aromatic carbocycles. The van der Waals surface area contributed by atoms with Crippen molar-refractivity contribution in [1.82, 2.24) is 4.90 Å². The number of carbonyl (C=O) groups is 4. The molecule has 0 bridgehead atoms. The Kier molecular flexibility index (Phi) is 7.20. The highest BCUT2D eigenvalue weighted by Gasteiger charge is 2.75. The summed E-state index contributed by atoms with van der Waals surface area (Å²) in [6.45, 7) is 0. The Morgan fingerprint density at radius 1 is 1.02 bits per heavy atom. The molecule has 12 nitrogen and oxygen atoms in total. The largest absolute Gasteiger partial charge is 0.502 e. The normalized spacial score (nSPS) is 30.7. The number of aromatic hydroxyl groups is 1. The molecule has 6 atom stereocenters. The van der Waals surface area contributed by atoms with Crippen LogP contribution < -0.4 is 14.4 Å². The molecule has 6 unspecified atom stereocenters. The van der Waals surface area contributed by atoms with Gasteiger partial charge in [0, 0.05) is 25.1 Å². The number of fused-ring (bicyclic) bond motifs is 4. The van der Waals surface area contributed by atoms with E-state index in [0.717, 1.165) is 15.9 Å². The van der Waals surface area contributed by atoms with Gasteiger partial charge in [-0.2, -0.15) is 0 Å². The van der Waals surface area contributed by atoms with E-state index in [-0.39, 0.29) is 41.5 Å². The second kappa shape index (κ2) is 10.6. The van der Waals surface area contributed by atoms with Crippen LogP contribution >= 0.6 is 23.2 Å². The molecule has 0 aromatic heterocycles. The second-order valence-corrected chi connectivity index (χ2v) is 12.7. The molecule has 0 spiro atoms. The van der Waals surface area contributed by atoms with Crippen LogP contribution in [0, 0.1) is 33.8 Å². The van der Waals surface area contributed by atoms with Gasteiger partial charge in [0.15, 0.2) is 21.2 Å². The molecule has 2 saturated heterocycles. The number of nitro groups is 1. The number of halogens is 2. The monoisotopic (exact) mass is 655 g/mol. The number of carbonyl (C=O) groups excluding carboxylic acids is 4. The lowest BCUT2D eigenvalue weighted by atomic mass is 9.57. The van der Waals surface area contributed by atoms with Crippen molar-refractivity contribution in [2.45, 2.75) is 22.6 Å². The van der Waals surface area contributed by atoms with E-state index in [4.69, 9.17) is 32.7 Å². The van der Waals surface area contributed by atoms with Gasteiger partial charge in [-0.1, -0.05) is 29.9 Å². The topological polar surface area (TPSA) is 157 Å². The number of non-ortho nitro benzene ring substituents is 1. The SMILES string of the molecule is COc1cc(C=CC2C3=CCC4C(=O)N(c5cccc([N+](=O)[O-])c5)C(=O)C4C3CC3(Cl)C(=O)N(C)C(=O)C23Cl)cc(OC)c1O. The summed E-state index contributed by atoms with van der Waals surface area (Å²) in [7, 11) is 4.05. The van der Waals surface area contributed by atoms with Crippen LogP contribution in [-0.2, 0) is 19.2 Å². The lowest BCUT2D eigenvalue weighted by molar-refractivity contribution is -0.384. The Morgan fingerprint density at radius 3 is 2.31 bits per heavy atom. The zero-order valence-corrected chi connectivity index (χ0v) is 25.7. The van der Waals surface area contributed by atoms with Crippen molar-refractivity contribution < 1.29 is 38.7 Å². The Morgan fingerprint density at radius 2 is 1.69 bits per heavy atom. The van der Waals surface area contributed by atoms with E-state index >= 15 is 0 Å². The number of phenolic OH excluding ortho intramolecular Hbond substituents is 1. The number of hydrogen-bond donors (Lipinski definition) is 1. The zero-order chi connectivity index (χ0) is 32.6. The molecule has 4 amide bonds. The van der Waals surface area contributed by atoms with Crippen molar-refractivity contribution in [3.8, 4) is 17.2 Å². The van der Waals surface area contributed by atoms with E-state index in [1.165, 1.54) is 39.5 Å². The third-order valence-electron chi connectivity index (χ3n) is 9.35. The minimum atomic E-state index is -1.96. The number of likely N-dealkylation sites (tertiary alicyclic amines) is 1. The van der Waals surface area contributed by atoms with Crippen molar-refractivity contribution in [3.05, 3.63) is 69.8 Å². The quantitative estimate of drug-likeness (QED) is 0.159. The summed E-state index contributed by atoms with van der Waals surface area (Å²) in [6.07, 6.45) is 4.97. The summed E-state index contributed by atoms with van der Waals surface area (Å²) in [5.41, 5.74) is 0.871. The molecule has 2 aliphatic carbocycles. The molecular formula is C31H27Cl2N3O9. The minimum absolute atomic E-state index is 0.0664. The highest BCUT2D eigenvalue weighted by atomic mass is 35.5. The van der Waals surface area contributed by atoms with E-state index in [9.17, 15) is 34.4 Å². The van der Waals surface area contributed by atoms with Crippen LogP contribution in [0.3, 0.4) is 0 Å². The molecule has 2 aromatic rings. The lowest BCUT2D eigenvalue weighted by Gasteiger charge is -2.49. The predicted octanol–water partition coefficient (Wildman–Crippen LogP) is 4.06. The number of rotatable bonds is 6. The van der Waals surface area contributed by atoms with Crippen LogP contribution in [0.25, 0.3) is 6.08 Å². The van der Waals surface area contributed by atoms with Gasteiger partial charge < -0.3 is 14.6 Å². The summed E-state index contributed by atoms with van der Waals surface area (Å²) < 4.78 is 10.5. The summed E-state index contributed by atoms with van der Waals surface area (Å²) in [4.78, 5) is 63.6. The van der Waals surface area contributed by atoms with E-state index in [1.807, 2.05) is 0 Å². The van der Waals surface area contributed by atoms with Gasteiger partial charge in [0.1, 0.15) is 0 Å². The predicted molar refractivity (Wildman–Crippen MR) is 162 cm³/mol.